The molecular weight excluding hydrogens is 306 g/mol. The molecule has 0 saturated carbocycles. The van der Waals surface area contributed by atoms with Gasteiger partial charge in [-0.3, -0.25) is 4.79 Å². The van der Waals surface area contributed by atoms with Crippen LogP contribution in [0.3, 0.4) is 0 Å². The van der Waals surface area contributed by atoms with Crippen molar-refractivity contribution in [3.63, 3.8) is 0 Å². The molecule has 0 bridgehead atoms. The lowest BCUT2D eigenvalue weighted by atomic mass is 9.96. The minimum absolute atomic E-state index is 0.0389. The summed E-state index contributed by atoms with van der Waals surface area (Å²) in [7, 11) is 0. The third kappa shape index (κ3) is 3.41. The van der Waals surface area contributed by atoms with E-state index < -0.39 is 0 Å². The van der Waals surface area contributed by atoms with Crippen molar-refractivity contribution in [2.75, 3.05) is 13.2 Å². The topological polar surface area (TPSA) is 92.4 Å². The van der Waals surface area contributed by atoms with Gasteiger partial charge in [-0.2, -0.15) is 4.98 Å². The maximum absolute atomic E-state index is 12.3. The molecule has 0 radical (unpaired) electrons. The van der Waals surface area contributed by atoms with Crippen molar-refractivity contribution in [2.45, 2.75) is 19.3 Å². The number of hydrogen-bond donors (Lipinski definition) is 2. The Balaban J connectivity index is 1.72. The molecule has 0 aliphatic carbocycles. The summed E-state index contributed by atoms with van der Waals surface area (Å²) < 4.78 is 1.54. The molecule has 0 aliphatic heterocycles. The molecule has 1 atom stereocenters. The van der Waals surface area contributed by atoms with Gasteiger partial charge in [0.15, 0.2) is 0 Å². The number of nitrogens with zero attached hydrogens (tertiary/aromatic N) is 4. The van der Waals surface area contributed by atoms with Crippen molar-refractivity contribution < 1.29 is 9.90 Å². The van der Waals surface area contributed by atoms with Crippen LogP contribution >= 0.6 is 0 Å². The first-order valence-corrected chi connectivity index (χ1v) is 7.81. The number of aliphatic hydroxyl groups is 1. The first-order valence-electron chi connectivity index (χ1n) is 7.81. The Bertz CT molecular complexity index is 831. The van der Waals surface area contributed by atoms with E-state index in [1.807, 2.05) is 37.3 Å². The average molecular weight is 325 g/mol. The van der Waals surface area contributed by atoms with Crippen LogP contribution in [-0.4, -0.2) is 43.7 Å². The SMILES string of the molecule is Cc1ccnc2nc(C(=O)NCC(CCO)c3ccccc3)nn12. The lowest BCUT2D eigenvalue weighted by Crippen LogP contribution is -2.29. The van der Waals surface area contributed by atoms with Gasteiger partial charge in [0.1, 0.15) is 0 Å². The zero-order valence-electron chi connectivity index (χ0n) is 13.4. The predicted octanol–water partition coefficient (Wildman–Crippen LogP) is 1.33. The Morgan fingerprint density at radius 2 is 2.08 bits per heavy atom. The van der Waals surface area contributed by atoms with Crippen LogP contribution in [0.2, 0.25) is 0 Å². The molecule has 0 saturated heterocycles. The van der Waals surface area contributed by atoms with Gasteiger partial charge in [-0.05, 0) is 25.0 Å². The zero-order chi connectivity index (χ0) is 16.9. The van der Waals surface area contributed by atoms with Crippen LogP contribution in [0.4, 0.5) is 0 Å². The number of amides is 1. The molecule has 2 aromatic heterocycles. The van der Waals surface area contributed by atoms with Crippen LogP contribution in [0.25, 0.3) is 5.78 Å². The number of benzene rings is 1. The van der Waals surface area contributed by atoms with Crippen LogP contribution in [0.15, 0.2) is 42.6 Å². The lowest BCUT2D eigenvalue weighted by Gasteiger charge is -2.16. The Morgan fingerprint density at radius 3 is 2.79 bits per heavy atom. The third-order valence-corrected chi connectivity index (χ3v) is 3.89. The normalized spacial score (nSPS) is 12.2. The molecule has 124 valence electrons. The van der Waals surface area contributed by atoms with Crippen molar-refractivity contribution in [1.29, 1.82) is 0 Å². The standard InChI is InChI=1S/C17H19N5O2/c1-12-7-9-18-17-20-15(21-22(12)17)16(24)19-11-14(8-10-23)13-5-3-2-4-6-13/h2-7,9,14,23H,8,10-11H2,1H3,(H,19,24). The van der Waals surface area contributed by atoms with E-state index in [2.05, 4.69) is 20.4 Å². The molecular formula is C17H19N5O2. The Morgan fingerprint density at radius 1 is 1.29 bits per heavy atom. The fourth-order valence-corrected chi connectivity index (χ4v) is 2.57. The van der Waals surface area contributed by atoms with Crippen LogP contribution in [0.1, 0.15) is 34.2 Å². The van der Waals surface area contributed by atoms with E-state index in [-0.39, 0.29) is 24.3 Å². The smallest absolute Gasteiger partial charge is 0.291 e. The molecule has 0 fully saturated rings. The largest absolute Gasteiger partial charge is 0.396 e. The Labute approximate surface area is 139 Å². The first kappa shape index (κ1) is 16.1. The fourth-order valence-electron chi connectivity index (χ4n) is 2.57. The van der Waals surface area contributed by atoms with E-state index in [1.54, 1.807) is 12.3 Å². The number of aromatic nitrogens is 4. The number of hydrogen-bond acceptors (Lipinski definition) is 5. The van der Waals surface area contributed by atoms with Gasteiger partial charge in [-0.1, -0.05) is 30.3 Å². The molecule has 24 heavy (non-hydrogen) atoms. The highest BCUT2D eigenvalue weighted by molar-refractivity contribution is 5.90. The van der Waals surface area contributed by atoms with Gasteiger partial charge in [0, 0.05) is 31.0 Å². The molecule has 0 aliphatic rings. The summed E-state index contributed by atoms with van der Waals surface area (Å²) in [4.78, 5) is 20.6. The summed E-state index contributed by atoms with van der Waals surface area (Å²) in [6.45, 7) is 2.34. The van der Waals surface area contributed by atoms with Gasteiger partial charge in [0.2, 0.25) is 5.82 Å². The van der Waals surface area contributed by atoms with Gasteiger partial charge in [-0.25, -0.2) is 9.50 Å². The highest BCUT2D eigenvalue weighted by Crippen LogP contribution is 2.18. The number of nitrogens with one attached hydrogen (secondary N) is 1. The van der Waals surface area contributed by atoms with Gasteiger partial charge in [-0.15, -0.1) is 5.10 Å². The monoisotopic (exact) mass is 325 g/mol. The van der Waals surface area contributed by atoms with Crippen molar-refractivity contribution >= 4 is 11.7 Å². The van der Waals surface area contributed by atoms with E-state index in [4.69, 9.17) is 0 Å². The Kier molecular flexibility index (Phi) is 4.81. The summed E-state index contributed by atoms with van der Waals surface area (Å²) in [5.74, 6) is 0.179. The van der Waals surface area contributed by atoms with Crippen LogP contribution in [-0.2, 0) is 0 Å². The number of aryl methyl sites for hydroxylation is 1. The number of carbonyl (C=O) groups excluding carboxylic acids is 1. The van der Waals surface area contributed by atoms with Crippen molar-refractivity contribution in [3.05, 3.63) is 59.7 Å². The summed E-state index contributed by atoms with van der Waals surface area (Å²) in [5.41, 5.74) is 1.93. The lowest BCUT2D eigenvalue weighted by molar-refractivity contribution is 0.0939. The minimum Gasteiger partial charge on any atom is -0.396 e. The summed E-state index contributed by atoms with van der Waals surface area (Å²) in [6.07, 6.45) is 2.21. The van der Waals surface area contributed by atoms with Crippen molar-refractivity contribution in [2.24, 2.45) is 0 Å². The zero-order valence-corrected chi connectivity index (χ0v) is 13.4. The molecule has 7 nitrogen and oxygen atoms in total. The van der Waals surface area contributed by atoms with Crippen LogP contribution in [0.5, 0.6) is 0 Å². The average Bonchev–Trinajstić information content (AvgIpc) is 3.05. The number of rotatable bonds is 6. The molecule has 2 heterocycles. The second-order valence-electron chi connectivity index (χ2n) is 5.56. The van der Waals surface area contributed by atoms with E-state index in [0.717, 1.165) is 11.3 Å². The molecule has 2 N–H and O–H groups in total. The second-order valence-corrected chi connectivity index (χ2v) is 5.56. The van der Waals surface area contributed by atoms with E-state index in [0.29, 0.717) is 18.7 Å². The van der Waals surface area contributed by atoms with Crippen LogP contribution in [0, 0.1) is 6.92 Å². The second kappa shape index (κ2) is 7.18. The van der Waals surface area contributed by atoms with E-state index >= 15 is 0 Å². The minimum atomic E-state index is -0.348. The van der Waals surface area contributed by atoms with Gasteiger partial charge >= 0.3 is 0 Å². The molecule has 1 aromatic carbocycles. The third-order valence-electron chi connectivity index (χ3n) is 3.89. The Hall–Kier alpha value is -2.80. The maximum atomic E-state index is 12.3. The van der Waals surface area contributed by atoms with Crippen molar-refractivity contribution in [1.82, 2.24) is 24.9 Å². The molecule has 7 heteroatoms. The molecule has 1 unspecified atom stereocenters. The fraction of sp³-hybridized carbons (Fsp3) is 0.294. The number of aliphatic hydroxyl groups excluding tert-OH is 1. The van der Waals surface area contributed by atoms with Gasteiger partial charge < -0.3 is 10.4 Å². The first-order chi connectivity index (χ1) is 11.7. The molecule has 3 aromatic rings. The van der Waals surface area contributed by atoms with Gasteiger partial charge in [0.05, 0.1) is 0 Å². The predicted molar refractivity (Wildman–Crippen MR) is 88.7 cm³/mol. The highest BCUT2D eigenvalue weighted by Gasteiger charge is 2.17. The molecule has 1 amide bonds. The van der Waals surface area contributed by atoms with Gasteiger partial charge in [0.25, 0.3) is 11.7 Å². The van der Waals surface area contributed by atoms with E-state index in [1.165, 1.54) is 4.52 Å². The molecule has 0 spiro atoms. The number of carbonyl (C=O) groups is 1. The van der Waals surface area contributed by atoms with E-state index in [9.17, 15) is 9.90 Å². The maximum Gasteiger partial charge on any atom is 0.291 e. The highest BCUT2D eigenvalue weighted by atomic mass is 16.3. The summed E-state index contributed by atoms with van der Waals surface area (Å²) in [6, 6.07) is 11.6. The summed E-state index contributed by atoms with van der Waals surface area (Å²) >= 11 is 0. The molecule has 3 rings (SSSR count). The van der Waals surface area contributed by atoms with Crippen LogP contribution < -0.4 is 5.32 Å². The van der Waals surface area contributed by atoms with Crippen molar-refractivity contribution in [3.8, 4) is 0 Å². The summed E-state index contributed by atoms with van der Waals surface area (Å²) in [5, 5.41) is 16.3. The number of fused-ring (bicyclic) bond motifs is 1. The quantitative estimate of drug-likeness (QED) is 0.713.